The van der Waals surface area contributed by atoms with Gasteiger partial charge in [-0.2, -0.15) is 0 Å². The standard InChI is InChI=1S/C19H16N4OS2/c1-2-5-13(6-3-1)16-11-14(22-24-16)12-26-19-21-20-18(17-7-4-10-25-17)23(19)15-8-9-15/h1-7,10-11,15H,8-9,12H2. The highest BCUT2D eigenvalue weighted by molar-refractivity contribution is 7.98. The number of rotatable bonds is 6. The van der Waals surface area contributed by atoms with E-state index < -0.39 is 0 Å². The van der Waals surface area contributed by atoms with Gasteiger partial charge in [0.2, 0.25) is 0 Å². The molecular formula is C19H16N4OS2. The average molecular weight is 380 g/mol. The molecule has 0 atom stereocenters. The molecule has 5 nitrogen and oxygen atoms in total. The van der Waals surface area contributed by atoms with Crippen molar-refractivity contribution >= 4 is 23.1 Å². The summed E-state index contributed by atoms with van der Waals surface area (Å²) in [6.45, 7) is 0. The second-order valence-corrected chi connectivity index (χ2v) is 8.11. The van der Waals surface area contributed by atoms with Crippen molar-refractivity contribution in [3.8, 4) is 22.0 Å². The summed E-state index contributed by atoms with van der Waals surface area (Å²) < 4.78 is 7.78. The highest BCUT2D eigenvalue weighted by Gasteiger charge is 2.30. The Morgan fingerprint density at radius 2 is 2.00 bits per heavy atom. The maximum absolute atomic E-state index is 5.49. The zero-order valence-electron chi connectivity index (χ0n) is 13.9. The summed E-state index contributed by atoms with van der Waals surface area (Å²) in [4.78, 5) is 1.17. The first kappa shape index (κ1) is 15.8. The van der Waals surface area contributed by atoms with Gasteiger partial charge in [0.25, 0.3) is 0 Å². The van der Waals surface area contributed by atoms with Crippen molar-refractivity contribution in [1.82, 2.24) is 19.9 Å². The number of thioether (sulfide) groups is 1. The molecule has 1 aliphatic rings. The van der Waals surface area contributed by atoms with Crippen molar-refractivity contribution in [2.45, 2.75) is 29.8 Å². The largest absolute Gasteiger partial charge is 0.356 e. The van der Waals surface area contributed by atoms with E-state index in [1.165, 1.54) is 17.7 Å². The van der Waals surface area contributed by atoms with Gasteiger partial charge < -0.3 is 4.52 Å². The first-order chi connectivity index (χ1) is 12.9. The molecule has 4 aromatic rings. The second-order valence-electron chi connectivity index (χ2n) is 6.22. The minimum absolute atomic E-state index is 0.529. The van der Waals surface area contributed by atoms with Gasteiger partial charge in [-0.05, 0) is 24.3 Å². The van der Waals surface area contributed by atoms with Gasteiger partial charge in [0.05, 0.1) is 10.6 Å². The Kier molecular flexibility index (Phi) is 4.10. The molecule has 0 N–H and O–H groups in total. The molecular weight excluding hydrogens is 364 g/mol. The van der Waals surface area contributed by atoms with Crippen molar-refractivity contribution < 1.29 is 4.52 Å². The highest BCUT2D eigenvalue weighted by atomic mass is 32.2. The van der Waals surface area contributed by atoms with Crippen LogP contribution >= 0.6 is 23.1 Å². The molecule has 0 spiro atoms. The Bertz CT molecular complexity index is 1000. The number of hydrogen-bond donors (Lipinski definition) is 0. The van der Waals surface area contributed by atoms with Gasteiger partial charge in [-0.3, -0.25) is 4.57 Å². The fraction of sp³-hybridized carbons (Fsp3) is 0.211. The van der Waals surface area contributed by atoms with Crippen LogP contribution in [0.1, 0.15) is 24.6 Å². The number of thiophene rings is 1. The Balaban J connectivity index is 1.36. The van der Waals surface area contributed by atoms with E-state index in [9.17, 15) is 0 Å². The summed E-state index contributed by atoms with van der Waals surface area (Å²) in [6, 6.07) is 16.7. The molecule has 7 heteroatoms. The minimum atomic E-state index is 0.529. The monoisotopic (exact) mass is 380 g/mol. The van der Waals surface area contributed by atoms with Crippen LogP contribution in [0.2, 0.25) is 0 Å². The summed E-state index contributed by atoms with van der Waals surface area (Å²) in [5.41, 5.74) is 1.95. The van der Waals surface area contributed by atoms with Gasteiger partial charge >= 0.3 is 0 Å². The van der Waals surface area contributed by atoms with Crippen LogP contribution in [0.5, 0.6) is 0 Å². The molecule has 1 fully saturated rings. The third-order valence-electron chi connectivity index (χ3n) is 4.28. The zero-order valence-corrected chi connectivity index (χ0v) is 15.5. The van der Waals surface area contributed by atoms with E-state index in [0.29, 0.717) is 11.8 Å². The maximum atomic E-state index is 5.49. The van der Waals surface area contributed by atoms with Crippen molar-refractivity contribution in [1.29, 1.82) is 0 Å². The lowest BCUT2D eigenvalue weighted by molar-refractivity contribution is 0.426. The van der Waals surface area contributed by atoms with Crippen LogP contribution in [0.4, 0.5) is 0 Å². The molecule has 0 aliphatic heterocycles. The topological polar surface area (TPSA) is 56.7 Å². The van der Waals surface area contributed by atoms with Crippen LogP contribution in [0, 0.1) is 0 Å². The number of hydrogen-bond acceptors (Lipinski definition) is 6. The Morgan fingerprint density at radius 1 is 1.12 bits per heavy atom. The summed E-state index contributed by atoms with van der Waals surface area (Å²) >= 11 is 3.37. The lowest BCUT2D eigenvalue weighted by Gasteiger charge is -2.06. The Labute approximate surface area is 159 Å². The normalized spacial score (nSPS) is 14.0. The van der Waals surface area contributed by atoms with Gasteiger partial charge in [0, 0.05) is 23.4 Å². The minimum Gasteiger partial charge on any atom is -0.356 e. The van der Waals surface area contributed by atoms with Crippen LogP contribution in [0.15, 0.2) is 63.6 Å². The molecule has 5 rings (SSSR count). The fourth-order valence-electron chi connectivity index (χ4n) is 2.87. The van der Waals surface area contributed by atoms with Gasteiger partial charge in [-0.15, -0.1) is 21.5 Å². The molecule has 130 valence electrons. The number of nitrogens with zero attached hydrogens (tertiary/aromatic N) is 4. The smallest absolute Gasteiger partial charge is 0.192 e. The summed E-state index contributed by atoms with van der Waals surface area (Å²) in [7, 11) is 0. The lowest BCUT2D eigenvalue weighted by Crippen LogP contribution is -1.99. The van der Waals surface area contributed by atoms with Crippen molar-refractivity contribution in [3.63, 3.8) is 0 Å². The van der Waals surface area contributed by atoms with Crippen molar-refractivity contribution in [3.05, 3.63) is 59.6 Å². The number of benzene rings is 1. The van der Waals surface area contributed by atoms with E-state index in [-0.39, 0.29) is 0 Å². The second kappa shape index (κ2) is 6.74. The van der Waals surface area contributed by atoms with E-state index in [4.69, 9.17) is 4.52 Å². The summed E-state index contributed by atoms with van der Waals surface area (Å²) in [5.74, 6) is 2.49. The van der Waals surface area contributed by atoms with Crippen LogP contribution in [-0.4, -0.2) is 19.9 Å². The van der Waals surface area contributed by atoms with Gasteiger partial charge in [-0.25, -0.2) is 0 Å². The number of aromatic nitrogens is 4. The Hall–Kier alpha value is -2.38. The average Bonchev–Trinajstić information content (AvgIpc) is 3.10. The molecule has 0 amide bonds. The molecule has 0 saturated heterocycles. The molecule has 1 aliphatic carbocycles. The predicted molar refractivity (Wildman–Crippen MR) is 103 cm³/mol. The molecule has 26 heavy (non-hydrogen) atoms. The lowest BCUT2D eigenvalue weighted by atomic mass is 10.2. The van der Waals surface area contributed by atoms with Gasteiger partial charge in [-0.1, -0.05) is 53.3 Å². The van der Waals surface area contributed by atoms with Crippen molar-refractivity contribution in [2.75, 3.05) is 0 Å². The third-order valence-corrected chi connectivity index (χ3v) is 6.13. The zero-order chi connectivity index (χ0) is 17.3. The highest BCUT2D eigenvalue weighted by Crippen LogP contribution is 2.42. The van der Waals surface area contributed by atoms with E-state index in [0.717, 1.165) is 28.0 Å². The molecule has 3 aromatic heterocycles. The fourth-order valence-corrected chi connectivity index (χ4v) is 4.46. The van der Waals surface area contributed by atoms with Gasteiger partial charge in [0.1, 0.15) is 0 Å². The van der Waals surface area contributed by atoms with Crippen LogP contribution in [-0.2, 0) is 5.75 Å². The van der Waals surface area contributed by atoms with E-state index >= 15 is 0 Å². The van der Waals surface area contributed by atoms with E-state index in [1.807, 2.05) is 36.4 Å². The summed E-state index contributed by atoms with van der Waals surface area (Å²) in [6.07, 6.45) is 2.40. The third kappa shape index (κ3) is 3.08. The molecule has 0 bridgehead atoms. The predicted octanol–water partition coefficient (Wildman–Crippen LogP) is 5.29. The first-order valence-electron chi connectivity index (χ1n) is 8.51. The van der Waals surface area contributed by atoms with Crippen LogP contribution in [0.25, 0.3) is 22.0 Å². The molecule has 0 radical (unpaired) electrons. The Morgan fingerprint density at radius 3 is 2.77 bits per heavy atom. The van der Waals surface area contributed by atoms with E-state index in [2.05, 4.69) is 37.4 Å². The molecule has 1 aromatic carbocycles. The first-order valence-corrected chi connectivity index (χ1v) is 10.4. The molecule has 3 heterocycles. The molecule has 0 unspecified atom stereocenters. The maximum Gasteiger partial charge on any atom is 0.192 e. The van der Waals surface area contributed by atoms with Gasteiger partial charge in [0.15, 0.2) is 16.7 Å². The van der Waals surface area contributed by atoms with Crippen LogP contribution < -0.4 is 0 Å². The summed E-state index contributed by atoms with van der Waals surface area (Å²) in [5, 5.41) is 16.1. The van der Waals surface area contributed by atoms with Crippen molar-refractivity contribution in [2.24, 2.45) is 0 Å². The quantitative estimate of drug-likeness (QED) is 0.426. The molecule has 1 saturated carbocycles. The van der Waals surface area contributed by atoms with Crippen LogP contribution in [0.3, 0.4) is 0 Å². The SMILES string of the molecule is c1ccc(-c2cc(CSc3nnc(-c4cccs4)n3C3CC3)no2)cc1. The van der Waals surface area contributed by atoms with E-state index in [1.54, 1.807) is 23.1 Å².